The molecule has 3 atom stereocenters. The van der Waals surface area contributed by atoms with E-state index in [2.05, 4.69) is 33.5 Å². The average Bonchev–Trinajstić information content (AvgIpc) is 2.37. The number of rotatable bonds is 2. The van der Waals surface area contributed by atoms with Crippen LogP contribution in [0.1, 0.15) is 30.6 Å². The molecule has 3 unspecified atom stereocenters. The van der Waals surface area contributed by atoms with Crippen molar-refractivity contribution >= 4 is 34.2 Å². The lowest BCUT2D eigenvalue weighted by Gasteiger charge is -2.36. The molecule has 1 amide bonds. The summed E-state index contributed by atoms with van der Waals surface area (Å²) >= 11 is 3.25. The van der Waals surface area contributed by atoms with Gasteiger partial charge in [0, 0.05) is 16.6 Å². The number of carbonyl (C=O) groups is 1. The smallest absolute Gasteiger partial charge is 0.254 e. The highest BCUT2D eigenvalue weighted by Gasteiger charge is 2.29. The van der Waals surface area contributed by atoms with E-state index in [1.54, 1.807) is 6.07 Å². The second-order valence-electron chi connectivity index (χ2n) is 5.13. The monoisotopic (exact) mass is 364 g/mol. The lowest BCUT2D eigenvalue weighted by molar-refractivity contribution is 0.0893. The van der Waals surface area contributed by atoms with Crippen LogP contribution in [0.4, 0.5) is 4.39 Å². The molecule has 0 spiro atoms. The quantitative estimate of drug-likeness (QED) is 0.845. The molecule has 1 aromatic rings. The van der Waals surface area contributed by atoms with Crippen molar-refractivity contribution in [1.82, 2.24) is 10.6 Å². The molecule has 6 heteroatoms. The van der Waals surface area contributed by atoms with E-state index in [0.717, 1.165) is 13.0 Å². The fourth-order valence-electron chi connectivity index (χ4n) is 2.51. The van der Waals surface area contributed by atoms with Gasteiger partial charge in [-0.3, -0.25) is 4.79 Å². The van der Waals surface area contributed by atoms with Gasteiger partial charge in [0.2, 0.25) is 0 Å². The fraction of sp³-hybridized carbons (Fsp3) is 0.500. The zero-order valence-electron chi connectivity index (χ0n) is 11.5. The molecule has 0 aliphatic carbocycles. The van der Waals surface area contributed by atoms with Crippen molar-refractivity contribution < 1.29 is 9.18 Å². The number of benzene rings is 1. The molecule has 0 radical (unpaired) electrons. The summed E-state index contributed by atoms with van der Waals surface area (Å²) in [6, 6.07) is 4.61. The third-order valence-electron chi connectivity index (χ3n) is 3.69. The molecule has 1 heterocycles. The number of halogens is 3. The molecule has 1 aliphatic rings. The first-order chi connectivity index (χ1) is 8.99. The zero-order valence-corrected chi connectivity index (χ0v) is 13.9. The number of amides is 1. The molecular formula is C14H19BrClFN2O. The van der Waals surface area contributed by atoms with Crippen molar-refractivity contribution in [1.29, 1.82) is 0 Å². The van der Waals surface area contributed by atoms with Crippen LogP contribution >= 0.6 is 28.3 Å². The van der Waals surface area contributed by atoms with Crippen LogP contribution in [-0.2, 0) is 0 Å². The molecule has 0 aromatic heterocycles. The van der Waals surface area contributed by atoms with Gasteiger partial charge in [-0.15, -0.1) is 12.4 Å². The first-order valence-electron chi connectivity index (χ1n) is 6.48. The standard InChI is InChI=1S/C14H18BrFN2O.ClH/c1-8-5-6-17-9(2)13(8)18-14(19)11-7-10(15)3-4-12(11)16;/h3-4,7-9,13,17H,5-6H2,1-2H3,(H,18,19);1H. The highest BCUT2D eigenvalue weighted by atomic mass is 79.9. The van der Waals surface area contributed by atoms with E-state index in [1.807, 2.05) is 6.92 Å². The highest BCUT2D eigenvalue weighted by Crippen LogP contribution is 2.19. The van der Waals surface area contributed by atoms with Gasteiger partial charge in [0.1, 0.15) is 5.82 Å². The van der Waals surface area contributed by atoms with Gasteiger partial charge in [0.15, 0.2) is 0 Å². The van der Waals surface area contributed by atoms with Crippen LogP contribution in [0.2, 0.25) is 0 Å². The number of piperidine rings is 1. The molecule has 1 aromatic carbocycles. The molecule has 20 heavy (non-hydrogen) atoms. The average molecular weight is 366 g/mol. The van der Waals surface area contributed by atoms with Gasteiger partial charge in [-0.1, -0.05) is 22.9 Å². The minimum absolute atomic E-state index is 0. The van der Waals surface area contributed by atoms with Gasteiger partial charge in [0.25, 0.3) is 5.91 Å². The maximum Gasteiger partial charge on any atom is 0.254 e. The minimum atomic E-state index is -0.496. The van der Waals surface area contributed by atoms with E-state index in [-0.39, 0.29) is 36.0 Å². The van der Waals surface area contributed by atoms with E-state index >= 15 is 0 Å². The normalized spacial score (nSPS) is 25.7. The van der Waals surface area contributed by atoms with Crippen molar-refractivity contribution in [3.63, 3.8) is 0 Å². The Morgan fingerprint density at radius 3 is 2.80 bits per heavy atom. The predicted molar refractivity (Wildman–Crippen MR) is 83.8 cm³/mol. The van der Waals surface area contributed by atoms with Gasteiger partial charge in [0.05, 0.1) is 5.56 Å². The molecule has 112 valence electrons. The fourth-order valence-corrected chi connectivity index (χ4v) is 2.87. The SMILES string of the molecule is CC1CCNC(C)C1NC(=O)c1cc(Br)ccc1F.Cl. The summed E-state index contributed by atoms with van der Waals surface area (Å²) in [6.45, 7) is 5.11. The summed E-state index contributed by atoms with van der Waals surface area (Å²) in [6.07, 6.45) is 1.01. The van der Waals surface area contributed by atoms with E-state index in [4.69, 9.17) is 0 Å². The minimum Gasteiger partial charge on any atom is -0.347 e. The lowest BCUT2D eigenvalue weighted by atomic mass is 9.89. The predicted octanol–water partition coefficient (Wildman–Crippen LogP) is 3.13. The van der Waals surface area contributed by atoms with Crippen LogP contribution in [0.5, 0.6) is 0 Å². The summed E-state index contributed by atoms with van der Waals surface area (Å²) in [7, 11) is 0. The Morgan fingerprint density at radius 2 is 2.15 bits per heavy atom. The molecule has 2 rings (SSSR count). The lowest BCUT2D eigenvalue weighted by Crippen LogP contribution is -2.56. The van der Waals surface area contributed by atoms with Crippen molar-refractivity contribution in [2.75, 3.05) is 6.54 Å². The third-order valence-corrected chi connectivity index (χ3v) is 4.18. The van der Waals surface area contributed by atoms with Crippen LogP contribution in [0.15, 0.2) is 22.7 Å². The van der Waals surface area contributed by atoms with Crippen molar-refractivity contribution in [3.8, 4) is 0 Å². The number of hydrogen-bond donors (Lipinski definition) is 2. The molecular weight excluding hydrogens is 347 g/mol. The van der Waals surface area contributed by atoms with E-state index in [0.29, 0.717) is 10.4 Å². The summed E-state index contributed by atoms with van der Waals surface area (Å²) in [5, 5.41) is 6.27. The molecule has 0 bridgehead atoms. The second kappa shape index (κ2) is 7.38. The van der Waals surface area contributed by atoms with Gasteiger partial charge in [-0.2, -0.15) is 0 Å². The maximum absolute atomic E-state index is 13.7. The first-order valence-corrected chi connectivity index (χ1v) is 7.27. The van der Waals surface area contributed by atoms with Crippen LogP contribution in [0.3, 0.4) is 0 Å². The summed E-state index contributed by atoms with van der Waals surface area (Å²) in [5.41, 5.74) is 0.0827. The number of hydrogen-bond acceptors (Lipinski definition) is 2. The molecule has 1 fully saturated rings. The van der Waals surface area contributed by atoms with Gasteiger partial charge in [-0.25, -0.2) is 4.39 Å². The van der Waals surface area contributed by atoms with Gasteiger partial charge < -0.3 is 10.6 Å². The molecule has 2 N–H and O–H groups in total. The number of nitrogens with one attached hydrogen (secondary N) is 2. The summed E-state index contributed by atoms with van der Waals surface area (Å²) < 4.78 is 14.4. The van der Waals surface area contributed by atoms with E-state index in [1.165, 1.54) is 12.1 Å². The Balaban J connectivity index is 0.00000200. The third kappa shape index (κ3) is 3.93. The topological polar surface area (TPSA) is 41.1 Å². The Labute approximate surface area is 133 Å². The molecule has 1 aliphatic heterocycles. The molecule has 0 saturated carbocycles. The molecule has 1 saturated heterocycles. The van der Waals surface area contributed by atoms with Crippen molar-refractivity contribution in [2.45, 2.75) is 32.4 Å². The van der Waals surface area contributed by atoms with Crippen molar-refractivity contribution in [3.05, 3.63) is 34.1 Å². The van der Waals surface area contributed by atoms with E-state index in [9.17, 15) is 9.18 Å². The Bertz CT molecular complexity index is 476. The van der Waals surface area contributed by atoms with E-state index < -0.39 is 5.82 Å². The van der Waals surface area contributed by atoms with Crippen LogP contribution in [0.25, 0.3) is 0 Å². The summed E-state index contributed by atoms with van der Waals surface area (Å²) in [4.78, 5) is 12.2. The van der Waals surface area contributed by atoms with Gasteiger partial charge >= 0.3 is 0 Å². The maximum atomic E-state index is 13.7. The Morgan fingerprint density at radius 1 is 1.45 bits per heavy atom. The summed E-state index contributed by atoms with van der Waals surface area (Å²) in [5.74, 6) is -0.466. The largest absolute Gasteiger partial charge is 0.347 e. The Hall–Kier alpha value is -0.650. The Kier molecular flexibility index (Phi) is 6.43. The zero-order chi connectivity index (χ0) is 14.0. The van der Waals surface area contributed by atoms with Crippen molar-refractivity contribution in [2.24, 2.45) is 5.92 Å². The van der Waals surface area contributed by atoms with Crippen LogP contribution in [0, 0.1) is 11.7 Å². The second-order valence-corrected chi connectivity index (χ2v) is 6.05. The van der Waals surface area contributed by atoms with Crippen LogP contribution < -0.4 is 10.6 Å². The van der Waals surface area contributed by atoms with Gasteiger partial charge in [-0.05, 0) is 44.0 Å². The highest BCUT2D eigenvalue weighted by molar-refractivity contribution is 9.10. The molecule has 3 nitrogen and oxygen atoms in total. The number of carbonyl (C=O) groups excluding carboxylic acids is 1. The first kappa shape index (κ1) is 17.4. The van der Waals surface area contributed by atoms with Crippen LogP contribution in [-0.4, -0.2) is 24.5 Å².